The Morgan fingerprint density at radius 2 is 2.06 bits per heavy atom. The average Bonchev–Trinajstić information content (AvgIpc) is 2.22. The molecule has 0 heterocycles. The molecule has 0 aliphatic rings. The summed E-state index contributed by atoms with van der Waals surface area (Å²) < 4.78 is 14.6. The lowest BCUT2D eigenvalue weighted by Crippen LogP contribution is -2.60. The Morgan fingerprint density at radius 3 is 2.29 bits per heavy atom. The van der Waals surface area contributed by atoms with Crippen molar-refractivity contribution in [3.63, 3.8) is 0 Å². The van der Waals surface area contributed by atoms with Crippen molar-refractivity contribution in [1.29, 1.82) is 0 Å². The van der Waals surface area contributed by atoms with Crippen LogP contribution in [-0.4, -0.2) is 43.7 Å². The van der Waals surface area contributed by atoms with Gasteiger partial charge in [0.15, 0.2) is 0 Å². The highest BCUT2D eigenvalue weighted by Gasteiger charge is 2.42. The number of nitrogens with one attached hydrogen (secondary N) is 1. The van der Waals surface area contributed by atoms with E-state index >= 15 is 0 Å². The summed E-state index contributed by atoms with van der Waals surface area (Å²) in [7, 11) is -4.72. The van der Waals surface area contributed by atoms with E-state index in [4.69, 9.17) is 9.79 Å². The van der Waals surface area contributed by atoms with E-state index in [2.05, 4.69) is 17.3 Å². The zero-order chi connectivity index (χ0) is 13.7. The van der Waals surface area contributed by atoms with Crippen LogP contribution in [0.3, 0.4) is 0 Å². The highest BCUT2D eigenvalue weighted by atomic mass is 32.1. The van der Waals surface area contributed by atoms with Gasteiger partial charge in [0.2, 0.25) is 0 Å². The lowest BCUT2D eigenvalue weighted by molar-refractivity contribution is -0.161. The predicted octanol–water partition coefficient (Wildman–Crippen LogP) is 0.000400. The maximum absolute atomic E-state index is 11.2. The van der Waals surface area contributed by atoms with Gasteiger partial charge in [-0.05, 0) is 6.42 Å². The summed E-state index contributed by atoms with van der Waals surface area (Å²) >= 11 is 3.97. The first-order valence-corrected chi connectivity index (χ1v) is 7.01. The molecule has 0 aromatic carbocycles. The van der Waals surface area contributed by atoms with E-state index in [1.165, 1.54) is 0 Å². The molecule has 0 amide bonds. The molecule has 0 radical (unpaired) electrons. The standard InChI is InChI=1S/C7H17N2O6PS/c1-3-7(5-17,6(10)11)9(4-2)8-15-16(12,13)14/h8,17H,3-5H2,1-2H3,(H,10,11)(H2,12,13,14)/t7-/m0/s1. The number of hydrogen-bond acceptors (Lipinski definition) is 6. The highest BCUT2D eigenvalue weighted by Crippen LogP contribution is 2.34. The van der Waals surface area contributed by atoms with Gasteiger partial charge < -0.3 is 14.9 Å². The van der Waals surface area contributed by atoms with Crippen LogP contribution in [0, 0.1) is 0 Å². The molecule has 10 heteroatoms. The molecule has 0 aliphatic heterocycles. The summed E-state index contributed by atoms with van der Waals surface area (Å²) in [5.41, 5.74) is 0.578. The van der Waals surface area contributed by atoms with Crippen LogP contribution in [0.2, 0.25) is 0 Å². The second-order valence-corrected chi connectivity index (χ2v) is 4.75. The van der Waals surface area contributed by atoms with Crippen molar-refractivity contribution in [2.24, 2.45) is 0 Å². The van der Waals surface area contributed by atoms with Crippen LogP contribution in [0.25, 0.3) is 0 Å². The first kappa shape index (κ1) is 16.9. The Hall–Kier alpha value is -0.150. The van der Waals surface area contributed by atoms with Gasteiger partial charge in [-0.25, -0.2) is 9.57 Å². The van der Waals surface area contributed by atoms with Crippen molar-refractivity contribution in [3.05, 3.63) is 0 Å². The third-order valence-corrected chi connectivity index (χ3v) is 3.19. The first-order valence-electron chi connectivity index (χ1n) is 4.85. The van der Waals surface area contributed by atoms with Crippen LogP contribution in [0.15, 0.2) is 0 Å². The molecule has 0 rings (SSSR count). The number of carbonyl (C=O) groups is 1. The molecular formula is C7H17N2O6PS. The monoisotopic (exact) mass is 288 g/mol. The van der Waals surface area contributed by atoms with Crippen LogP contribution in [0.5, 0.6) is 0 Å². The minimum Gasteiger partial charge on any atom is -0.480 e. The van der Waals surface area contributed by atoms with Gasteiger partial charge in [-0.15, -0.1) is 5.59 Å². The average molecular weight is 288 g/mol. The Kier molecular flexibility index (Phi) is 6.64. The fourth-order valence-corrected chi connectivity index (χ4v) is 2.01. The number of hydrogen-bond donors (Lipinski definition) is 5. The molecule has 0 saturated carbocycles. The molecule has 17 heavy (non-hydrogen) atoms. The van der Waals surface area contributed by atoms with Gasteiger partial charge in [0.1, 0.15) is 5.54 Å². The number of carboxylic acid groups (broad SMARTS) is 1. The number of likely N-dealkylation sites (N-methyl/N-ethyl adjacent to an activating group) is 1. The van der Waals surface area contributed by atoms with Gasteiger partial charge in [0, 0.05) is 12.3 Å². The number of nitrogens with zero attached hydrogens (tertiary/aromatic N) is 1. The van der Waals surface area contributed by atoms with Crippen LogP contribution in [0.1, 0.15) is 20.3 Å². The Morgan fingerprint density at radius 1 is 1.53 bits per heavy atom. The first-order chi connectivity index (χ1) is 7.73. The maximum atomic E-state index is 11.2. The van der Waals surface area contributed by atoms with E-state index in [0.29, 0.717) is 0 Å². The molecule has 0 aromatic rings. The molecule has 0 spiro atoms. The van der Waals surface area contributed by atoms with Crippen LogP contribution < -0.4 is 5.59 Å². The van der Waals surface area contributed by atoms with Crippen molar-refractivity contribution in [1.82, 2.24) is 10.6 Å². The molecule has 4 N–H and O–H groups in total. The van der Waals surface area contributed by atoms with Crippen molar-refractivity contribution in [2.45, 2.75) is 25.8 Å². The third kappa shape index (κ3) is 4.55. The Balaban J connectivity index is 4.92. The van der Waals surface area contributed by atoms with E-state index in [-0.39, 0.29) is 18.7 Å². The number of rotatable bonds is 8. The maximum Gasteiger partial charge on any atom is 0.487 e. The highest BCUT2D eigenvalue weighted by molar-refractivity contribution is 7.80. The molecule has 102 valence electrons. The predicted molar refractivity (Wildman–Crippen MR) is 63.2 cm³/mol. The zero-order valence-corrected chi connectivity index (χ0v) is 11.3. The minimum absolute atomic E-state index is 0.0375. The number of aliphatic carboxylic acids is 1. The normalized spacial score (nSPS) is 15.9. The van der Waals surface area contributed by atoms with Gasteiger partial charge in [-0.2, -0.15) is 17.3 Å². The van der Waals surface area contributed by atoms with Gasteiger partial charge in [-0.3, -0.25) is 4.79 Å². The summed E-state index contributed by atoms with van der Waals surface area (Å²) in [5.74, 6) is -1.19. The van der Waals surface area contributed by atoms with Crippen LogP contribution in [-0.2, 0) is 14.0 Å². The van der Waals surface area contributed by atoms with Crippen molar-refractivity contribution in [2.75, 3.05) is 12.3 Å². The number of phosphoric acid groups is 1. The van der Waals surface area contributed by atoms with E-state index in [9.17, 15) is 14.5 Å². The summed E-state index contributed by atoms with van der Waals surface area (Å²) in [4.78, 5) is 28.3. The third-order valence-electron chi connectivity index (χ3n) is 2.35. The summed E-state index contributed by atoms with van der Waals surface area (Å²) in [6.45, 7) is 3.42. The molecular weight excluding hydrogens is 271 g/mol. The van der Waals surface area contributed by atoms with Gasteiger partial charge in [0.25, 0.3) is 0 Å². The van der Waals surface area contributed by atoms with Crippen LogP contribution in [0.4, 0.5) is 0 Å². The molecule has 0 unspecified atom stereocenters. The topological polar surface area (TPSA) is 119 Å². The Bertz CT molecular complexity index is 305. The van der Waals surface area contributed by atoms with Gasteiger partial charge in [0.05, 0.1) is 0 Å². The van der Waals surface area contributed by atoms with E-state index in [1.54, 1.807) is 13.8 Å². The second-order valence-electron chi connectivity index (χ2n) is 3.27. The molecule has 0 aliphatic carbocycles. The Labute approximate surface area is 105 Å². The number of thiol groups is 1. The fourth-order valence-electron chi connectivity index (χ4n) is 1.28. The zero-order valence-electron chi connectivity index (χ0n) is 9.53. The summed E-state index contributed by atoms with van der Waals surface area (Å²) in [6.07, 6.45) is 0.192. The van der Waals surface area contributed by atoms with E-state index < -0.39 is 19.3 Å². The summed E-state index contributed by atoms with van der Waals surface area (Å²) in [5, 5.41) is 10.3. The molecule has 8 nitrogen and oxygen atoms in total. The lowest BCUT2D eigenvalue weighted by Gasteiger charge is -2.37. The quantitative estimate of drug-likeness (QED) is 0.240. The second kappa shape index (κ2) is 6.69. The lowest BCUT2D eigenvalue weighted by atomic mass is 9.98. The molecule has 0 aromatic heterocycles. The molecule has 0 fully saturated rings. The number of hydrazine groups is 1. The van der Waals surface area contributed by atoms with Crippen LogP contribution >= 0.6 is 20.5 Å². The van der Waals surface area contributed by atoms with Crippen molar-refractivity contribution >= 4 is 26.4 Å². The summed E-state index contributed by atoms with van der Waals surface area (Å²) in [6, 6.07) is 0. The SMILES string of the molecule is CCN(NOP(=O)(O)O)[C@@](CC)(CS)C(=O)O. The molecule has 0 saturated heterocycles. The number of carboxylic acids is 1. The molecule has 1 atom stereocenters. The van der Waals surface area contributed by atoms with Crippen molar-refractivity contribution in [3.8, 4) is 0 Å². The van der Waals surface area contributed by atoms with Gasteiger partial charge >= 0.3 is 13.8 Å². The largest absolute Gasteiger partial charge is 0.487 e. The smallest absolute Gasteiger partial charge is 0.480 e. The molecule has 0 bridgehead atoms. The van der Waals surface area contributed by atoms with Crippen molar-refractivity contribution < 1.29 is 28.9 Å². The fraction of sp³-hybridized carbons (Fsp3) is 0.857. The minimum atomic E-state index is -4.72. The van der Waals surface area contributed by atoms with E-state index in [1.807, 2.05) is 5.59 Å². The van der Waals surface area contributed by atoms with E-state index in [0.717, 1.165) is 5.01 Å². The van der Waals surface area contributed by atoms with Gasteiger partial charge in [-0.1, -0.05) is 13.8 Å².